The van der Waals surface area contributed by atoms with Crippen LogP contribution in [0.15, 0.2) is 23.4 Å². The van der Waals surface area contributed by atoms with E-state index in [9.17, 15) is 22.8 Å². The molecule has 2 N–H and O–H groups in total. The maximum Gasteiger partial charge on any atom is 0.417 e. The Bertz CT molecular complexity index is 843. The van der Waals surface area contributed by atoms with Crippen molar-refractivity contribution in [1.29, 1.82) is 0 Å². The molecular weight excluding hydrogens is 389 g/mol. The summed E-state index contributed by atoms with van der Waals surface area (Å²) >= 11 is 0. The first-order valence-electron chi connectivity index (χ1n) is 9.15. The number of aromatic nitrogens is 1. The van der Waals surface area contributed by atoms with Gasteiger partial charge < -0.3 is 20.3 Å². The van der Waals surface area contributed by atoms with Crippen molar-refractivity contribution < 1.29 is 27.5 Å². The van der Waals surface area contributed by atoms with Crippen molar-refractivity contribution >= 4 is 17.7 Å². The average Bonchev–Trinajstić information content (AvgIpc) is 3.20. The monoisotopic (exact) mass is 412 g/mol. The number of hydrogen-bond acceptors (Lipinski definition) is 5. The van der Waals surface area contributed by atoms with Gasteiger partial charge in [-0.15, -0.1) is 0 Å². The molecule has 0 aliphatic carbocycles. The highest BCUT2D eigenvalue weighted by atomic mass is 19.4. The molecule has 1 aromatic heterocycles. The van der Waals surface area contributed by atoms with E-state index in [4.69, 9.17) is 4.74 Å². The Balaban J connectivity index is 1.72. The number of halogens is 3. The van der Waals surface area contributed by atoms with Crippen LogP contribution in [-0.4, -0.2) is 48.1 Å². The third-order valence-corrected chi connectivity index (χ3v) is 4.76. The van der Waals surface area contributed by atoms with Gasteiger partial charge in [-0.25, -0.2) is 4.79 Å². The lowest BCUT2D eigenvalue weighted by molar-refractivity contribution is -0.137. The Hall–Kier alpha value is -2.62. The molecule has 0 unspecified atom stereocenters. The number of hydrogen-bond donors (Lipinski definition) is 2. The van der Waals surface area contributed by atoms with Gasteiger partial charge in [0.25, 0.3) is 0 Å². The molecule has 0 radical (unpaired) electrons. The average molecular weight is 412 g/mol. The minimum absolute atomic E-state index is 0.0466. The first-order chi connectivity index (χ1) is 13.4. The fraction of sp³-hybridized carbons (Fsp3) is 0.526. The number of nitrogens with one attached hydrogen (secondary N) is 2. The summed E-state index contributed by atoms with van der Waals surface area (Å²) in [4.78, 5) is 29.9. The number of rotatable bonds is 3. The summed E-state index contributed by atoms with van der Waals surface area (Å²) in [5, 5.41) is 5.67. The molecule has 1 aromatic rings. The smallest absolute Gasteiger partial charge is 0.417 e. The molecule has 158 valence electrons. The van der Waals surface area contributed by atoms with Gasteiger partial charge in [0.15, 0.2) is 0 Å². The van der Waals surface area contributed by atoms with Gasteiger partial charge >= 0.3 is 12.3 Å². The molecule has 0 fully saturated rings. The number of ether oxygens (including phenoxy) is 1. The molecule has 2 aliphatic heterocycles. The molecule has 2 aliphatic rings. The minimum Gasteiger partial charge on any atom is -0.443 e. The minimum atomic E-state index is -4.61. The van der Waals surface area contributed by atoms with Gasteiger partial charge in [0.05, 0.1) is 11.3 Å². The molecule has 29 heavy (non-hydrogen) atoms. The SMILES string of the molecule is CC(C)(C)C(=O)Nc1cc(C(F)(F)F)cnc1COC(=O)N1CC2=C(CNC2)C1. The summed E-state index contributed by atoms with van der Waals surface area (Å²) in [5.74, 6) is -0.473. The Morgan fingerprint density at radius 2 is 1.83 bits per heavy atom. The van der Waals surface area contributed by atoms with Gasteiger partial charge in [0, 0.05) is 37.8 Å². The normalized spacial score (nSPS) is 16.8. The number of carbonyl (C=O) groups is 2. The molecule has 3 rings (SSSR count). The van der Waals surface area contributed by atoms with Gasteiger partial charge in [-0.2, -0.15) is 13.2 Å². The van der Waals surface area contributed by atoms with E-state index in [-0.39, 0.29) is 18.0 Å². The second-order valence-electron chi connectivity index (χ2n) is 8.14. The second kappa shape index (κ2) is 7.66. The predicted molar refractivity (Wildman–Crippen MR) is 99.0 cm³/mol. The fourth-order valence-electron chi connectivity index (χ4n) is 3.00. The van der Waals surface area contributed by atoms with Crippen molar-refractivity contribution in [3.63, 3.8) is 0 Å². The maximum absolute atomic E-state index is 13.0. The first kappa shape index (κ1) is 21.1. The Morgan fingerprint density at radius 3 is 2.38 bits per heavy atom. The standard InChI is InChI=1S/C19H23F3N4O3/c1-18(2,3)16(27)25-14-4-13(19(20,21)22)7-24-15(14)10-29-17(28)26-8-11-5-23-6-12(11)9-26/h4,7,23H,5-6,8-10H2,1-3H3,(H,25,27). The van der Waals surface area contributed by atoms with Crippen molar-refractivity contribution in [2.45, 2.75) is 33.6 Å². The summed E-state index contributed by atoms with van der Waals surface area (Å²) in [5.41, 5.74) is 0.423. The van der Waals surface area contributed by atoms with Crippen molar-refractivity contribution in [2.24, 2.45) is 5.41 Å². The maximum atomic E-state index is 13.0. The zero-order valence-corrected chi connectivity index (χ0v) is 16.4. The molecule has 7 nitrogen and oxygen atoms in total. The molecule has 0 bridgehead atoms. The lowest BCUT2D eigenvalue weighted by atomic mass is 9.95. The van der Waals surface area contributed by atoms with E-state index >= 15 is 0 Å². The van der Waals surface area contributed by atoms with E-state index in [1.165, 1.54) is 4.90 Å². The van der Waals surface area contributed by atoms with Gasteiger partial charge in [-0.1, -0.05) is 20.8 Å². The number of alkyl halides is 3. The van der Waals surface area contributed by atoms with Crippen LogP contribution >= 0.6 is 0 Å². The van der Waals surface area contributed by atoms with Crippen molar-refractivity contribution in [3.8, 4) is 0 Å². The topological polar surface area (TPSA) is 83.6 Å². The molecule has 0 aromatic carbocycles. The van der Waals surface area contributed by atoms with Crippen molar-refractivity contribution in [1.82, 2.24) is 15.2 Å². The third kappa shape index (κ3) is 4.87. The van der Waals surface area contributed by atoms with Crippen LogP contribution in [0.3, 0.4) is 0 Å². The quantitative estimate of drug-likeness (QED) is 0.746. The van der Waals surface area contributed by atoms with Crippen LogP contribution in [0.25, 0.3) is 0 Å². The number of nitrogens with zero attached hydrogens (tertiary/aromatic N) is 2. The van der Waals surface area contributed by atoms with E-state index < -0.39 is 29.2 Å². The van der Waals surface area contributed by atoms with Crippen LogP contribution in [0.1, 0.15) is 32.0 Å². The zero-order valence-electron chi connectivity index (χ0n) is 16.4. The molecule has 0 saturated heterocycles. The molecule has 3 heterocycles. The lowest BCUT2D eigenvalue weighted by Crippen LogP contribution is -2.33. The predicted octanol–water partition coefficient (Wildman–Crippen LogP) is 2.94. The molecule has 10 heteroatoms. The molecule has 0 atom stereocenters. The van der Waals surface area contributed by atoms with Crippen LogP contribution in [0.4, 0.5) is 23.7 Å². The van der Waals surface area contributed by atoms with E-state index in [0.29, 0.717) is 19.3 Å². The molecule has 2 amide bonds. The van der Waals surface area contributed by atoms with Gasteiger partial charge in [0.1, 0.15) is 12.3 Å². The fourth-order valence-corrected chi connectivity index (χ4v) is 3.00. The summed E-state index contributed by atoms with van der Waals surface area (Å²) in [6.07, 6.45) is -4.53. The highest BCUT2D eigenvalue weighted by Gasteiger charge is 2.33. The van der Waals surface area contributed by atoms with Gasteiger partial charge in [-0.05, 0) is 17.2 Å². The Morgan fingerprint density at radius 1 is 1.21 bits per heavy atom. The summed E-state index contributed by atoms with van der Waals surface area (Å²) < 4.78 is 44.4. The van der Waals surface area contributed by atoms with E-state index in [1.54, 1.807) is 20.8 Å². The summed E-state index contributed by atoms with van der Waals surface area (Å²) in [7, 11) is 0. The van der Waals surface area contributed by atoms with Crippen LogP contribution in [0, 0.1) is 5.41 Å². The number of pyridine rings is 1. The Labute approximate surface area is 166 Å². The van der Waals surface area contributed by atoms with E-state index in [1.807, 2.05) is 0 Å². The van der Waals surface area contributed by atoms with Crippen molar-refractivity contribution in [2.75, 3.05) is 31.5 Å². The van der Waals surface area contributed by atoms with Crippen LogP contribution in [0.2, 0.25) is 0 Å². The van der Waals surface area contributed by atoms with Crippen LogP contribution < -0.4 is 10.6 Å². The number of carbonyl (C=O) groups excluding carboxylic acids is 2. The van der Waals surface area contributed by atoms with Crippen LogP contribution in [-0.2, 0) is 22.3 Å². The molecule has 0 spiro atoms. The highest BCUT2D eigenvalue weighted by Crippen LogP contribution is 2.32. The first-order valence-corrected chi connectivity index (χ1v) is 9.15. The van der Waals surface area contributed by atoms with Gasteiger partial charge in [-0.3, -0.25) is 9.78 Å². The Kier molecular flexibility index (Phi) is 5.57. The summed E-state index contributed by atoms with van der Waals surface area (Å²) in [6, 6.07) is 0.803. The summed E-state index contributed by atoms with van der Waals surface area (Å²) in [6.45, 7) is 6.97. The molecule has 0 saturated carbocycles. The van der Waals surface area contributed by atoms with Gasteiger partial charge in [0.2, 0.25) is 5.91 Å². The van der Waals surface area contributed by atoms with Crippen molar-refractivity contribution in [3.05, 3.63) is 34.7 Å². The second-order valence-corrected chi connectivity index (χ2v) is 8.14. The third-order valence-electron chi connectivity index (χ3n) is 4.76. The lowest BCUT2D eigenvalue weighted by Gasteiger charge is -2.21. The highest BCUT2D eigenvalue weighted by molar-refractivity contribution is 5.95. The molecular formula is C19H23F3N4O3. The number of anilines is 1. The van der Waals surface area contributed by atoms with Crippen LogP contribution in [0.5, 0.6) is 0 Å². The zero-order chi connectivity index (χ0) is 21.4. The number of amides is 2. The van der Waals surface area contributed by atoms with E-state index in [2.05, 4.69) is 15.6 Å². The van der Waals surface area contributed by atoms with E-state index in [0.717, 1.165) is 30.3 Å². The largest absolute Gasteiger partial charge is 0.443 e.